The second-order valence-electron chi connectivity index (χ2n) is 5.08. The third kappa shape index (κ3) is 6.97. The Hall–Kier alpha value is -1.79. The van der Waals surface area contributed by atoms with Gasteiger partial charge in [0.25, 0.3) is 6.29 Å². The number of hydrogen-bond donors (Lipinski definition) is 0. The van der Waals surface area contributed by atoms with E-state index in [1.807, 2.05) is 0 Å². The molecule has 0 heterocycles. The van der Waals surface area contributed by atoms with Gasteiger partial charge in [-0.05, 0) is 25.7 Å². The molecule has 0 amide bonds. The van der Waals surface area contributed by atoms with E-state index in [0.717, 1.165) is 25.7 Å². The van der Waals surface area contributed by atoms with Gasteiger partial charge < -0.3 is 0 Å². The monoisotopic (exact) mass is 300 g/mol. The van der Waals surface area contributed by atoms with Gasteiger partial charge in [0.1, 0.15) is 9.85 Å². The molecule has 0 bridgehead atoms. The number of hydrogen-bond acceptors (Lipinski definition) is 5. The summed E-state index contributed by atoms with van der Waals surface area (Å²) in [5.74, 6) is 0. The maximum atomic E-state index is 10.7. The molecule has 7 nitrogen and oxygen atoms in total. The van der Waals surface area contributed by atoms with Gasteiger partial charge in [0.05, 0.1) is 6.42 Å². The number of rotatable bonds is 13. The lowest BCUT2D eigenvalue weighted by molar-refractivity contribution is -0.774. The van der Waals surface area contributed by atoms with E-state index in [0.29, 0.717) is 12.8 Å². The van der Waals surface area contributed by atoms with Crippen LogP contribution in [0.4, 0.5) is 0 Å². The Morgan fingerprint density at radius 1 is 0.905 bits per heavy atom. The normalized spacial score (nSPS) is 11.7. The molecule has 0 aliphatic carbocycles. The van der Waals surface area contributed by atoms with E-state index < -0.39 is 15.5 Å². The number of nitro groups is 2. The Morgan fingerprint density at radius 2 is 1.43 bits per heavy atom. The zero-order chi connectivity index (χ0) is 16.1. The van der Waals surface area contributed by atoms with Crippen LogP contribution in [0.3, 0.4) is 0 Å². The number of aldehydes is 1. The van der Waals surface area contributed by atoms with Crippen molar-refractivity contribution in [2.45, 2.75) is 70.4 Å². The minimum Gasteiger partial charge on any atom is -0.287 e. The van der Waals surface area contributed by atoms with Crippen LogP contribution in [-0.4, -0.2) is 21.8 Å². The second-order valence-corrected chi connectivity index (χ2v) is 5.08. The molecule has 0 spiro atoms. The zero-order valence-electron chi connectivity index (χ0n) is 12.5. The SMILES string of the molecule is CCCC/C=C\CCCCCCC(C=O)([N+](=O)[O-])[N+](=O)[O-]. The van der Waals surface area contributed by atoms with E-state index in [1.165, 1.54) is 12.8 Å². The van der Waals surface area contributed by atoms with Gasteiger partial charge in [-0.15, -0.1) is 0 Å². The summed E-state index contributed by atoms with van der Waals surface area (Å²) in [7, 11) is 0. The van der Waals surface area contributed by atoms with Crippen molar-refractivity contribution in [2.75, 3.05) is 0 Å². The van der Waals surface area contributed by atoms with Gasteiger partial charge in [0.2, 0.25) is 0 Å². The van der Waals surface area contributed by atoms with E-state index in [4.69, 9.17) is 0 Å². The molecular formula is C14H24N2O5. The number of unbranched alkanes of at least 4 members (excludes halogenated alkanes) is 6. The van der Waals surface area contributed by atoms with Crippen LogP contribution < -0.4 is 0 Å². The fourth-order valence-electron chi connectivity index (χ4n) is 1.95. The highest BCUT2D eigenvalue weighted by molar-refractivity contribution is 5.59. The lowest BCUT2D eigenvalue weighted by atomic mass is 10.0. The molecule has 0 aliphatic rings. The molecule has 0 unspecified atom stereocenters. The molecular weight excluding hydrogens is 276 g/mol. The van der Waals surface area contributed by atoms with E-state index in [2.05, 4.69) is 19.1 Å². The first-order chi connectivity index (χ1) is 10.0. The standard InChI is InChI=1S/C14H24N2O5/c1-2-3-4-5-6-7-8-9-10-11-12-14(13-17,15(18)19)16(20)21/h5-6,13H,2-4,7-12H2,1H3/b6-5-. The maximum absolute atomic E-state index is 10.7. The minimum atomic E-state index is -2.67. The predicted molar refractivity (Wildman–Crippen MR) is 79.2 cm³/mol. The molecule has 0 N–H and O–H groups in total. The Balaban J connectivity index is 3.88. The van der Waals surface area contributed by atoms with Crippen LogP contribution in [0, 0.1) is 20.2 Å². The van der Waals surface area contributed by atoms with Gasteiger partial charge in [-0.25, -0.2) is 0 Å². The van der Waals surface area contributed by atoms with Crippen LogP contribution in [0.15, 0.2) is 12.2 Å². The average molecular weight is 300 g/mol. The third-order valence-electron chi connectivity index (χ3n) is 3.38. The van der Waals surface area contributed by atoms with Gasteiger partial charge in [-0.1, -0.05) is 44.8 Å². The number of allylic oxidation sites excluding steroid dienone is 2. The molecule has 7 heteroatoms. The zero-order valence-corrected chi connectivity index (χ0v) is 12.5. The van der Waals surface area contributed by atoms with Crippen molar-refractivity contribution in [1.82, 2.24) is 0 Å². The van der Waals surface area contributed by atoms with Gasteiger partial charge >= 0.3 is 5.66 Å². The summed E-state index contributed by atoms with van der Waals surface area (Å²) in [5, 5.41) is 21.4. The molecule has 21 heavy (non-hydrogen) atoms. The molecule has 0 saturated heterocycles. The van der Waals surface area contributed by atoms with Crippen LogP contribution in [0.1, 0.15) is 64.7 Å². The van der Waals surface area contributed by atoms with E-state index in [1.54, 1.807) is 0 Å². The molecule has 0 aromatic heterocycles. The van der Waals surface area contributed by atoms with Gasteiger partial charge in [-0.2, -0.15) is 0 Å². The van der Waals surface area contributed by atoms with Crippen molar-refractivity contribution in [3.63, 3.8) is 0 Å². The molecule has 0 atom stereocenters. The van der Waals surface area contributed by atoms with Crippen LogP contribution in [0.25, 0.3) is 0 Å². The summed E-state index contributed by atoms with van der Waals surface area (Å²) >= 11 is 0. The van der Waals surface area contributed by atoms with Crippen LogP contribution in [0.2, 0.25) is 0 Å². The van der Waals surface area contributed by atoms with Gasteiger partial charge in [0.15, 0.2) is 0 Å². The van der Waals surface area contributed by atoms with Gasteiger partial charge in [0, 0.05) is 0 Å². The molecule has 0 saturated carbocycles. The highest BCUT2D eigenvalue weighted by Crippen LogP contribution is 2.18. The first kappa shape index (κ1) is 19.2. The number of carbonyl (C=O) groups is 1. The minimum absolute atomic E-state index is 0.163. The largest absolute Gasteiger partial charge is 0.512 e. The summed E-state index contributed by atoms with van der Waals surface area (Å²) in [6, 6.07) is 0. The second kappa shape index (κ2) is 10.9. The summed E-state index contributed by atoms with van der Waals surface area (Å²) in [5.41, 5.74) is -2.67. The van der Waals surface area contributed by atoms with E-state index in [9.17, 15) is 25.0 Å². The Bertz CT molecular complexity index is 354. The number of nitrogens with zero attached hydrogens (tertiary/aromatic N) is 2. The quantitative estimate of drug-likeness (QED) is 0.129. The van der Waals surface area contributed by atoms with Crippen molar-refractivity contribution in [3.05, 3.63) is 32.4 Å². The fourth-order valence-corrected chi connectivity index (χ4v) is 1.95. The van der Waals surface area contributed by atoms with E-state index >= 15 is 0 Å². The summed E-state index contributed by atoms with van der Waals surface area (Å²) < 4.78 is 0. The van der Waals surface area contributed by atoms with Gasteiger partial charge in [-0.3, -0.25) is 25.0 Å². The van der Waals surface area contributed by atoms with Crippen LogP contribution >= 0.6 is 0 Å². The van der Waals surface area contributed by atoms with Crippen molar-refractivity contribution in [3.8, 4) is 0 Å². The molecule has 0 aromatic rings. The lowest BCUT2D eigenvalue weighted by Crippen LogP contribution is -2.47. The van der Waals surface area contributed by atoms with Crippen molar-refractivity contribution >= 4 is 6.29 Å². The van der Waals surface area contributed by atoms with Crippen molar-refractivity contribution < 1.29 is 14.6 Å². The lowest BCUT2D eigenvalue weighted by Gasteiger charge is -2.10. The van der Waals surface area contributed by atoms with E-state index in [-0.39, 0.29) is 12.7 Å². The number of carbonyl (C=O) groups excluding carboxylic acids is 1. The summed E-state index contributed by atoms with van der Waals surface area (Å²) in [4.78, 5) is 29.9. The Labute approximate surface area is 124 Å². The topological polar surface area (TPSA) is 103 Å². The molecule has 0 aromatic carbocycles. The fraction of sp³-hybridized carbons (Fsp3) is 0.786. The third-order valence-corrected chi connectivity index (χ3v) is 3.38. The Morgan fingerprint density at radius 3 is 1.90 bits per heavy atom. The molecule has 0 aliphatic heterocycles. The van der Waals surface area contributed by atoms with Crippen molar-refractivity contribution in [2.24, 2.45) is 0 Å². The van der Waals surface area contributed by atoms with Crippen LogP contribution in [-0.2, 0) is 4.79 Å². The Kier molecular flexibility index (Phi) is 10.0. The molecule has 0 fully saturated rings. The first-order valence-electron chi connectivity index (χ1n) is 7.41. The highest BCUT2D eigenvalue weighted by atomic mass is 16.7. The maximum Gasteiger partial charge on any atom is 0.512 e. The van der Waals surface area contributed by atoms with Crippen LogP contribution in [0.5, 0.6) is 0 Å². The molecule has 0 radical (unpaired) electrons. The first-order valence-corrected chi connectivity index (χ1v) is 7.41. The predicted octanol–water partition coefficient (Wildman–Crippen LogP) is 3.52. The molecule has 120 valence electrons. The molecule has 0 rings (SSSR count). The highest BCUT2D eigenvalue weighted by Gasteiger charge is 2.55. The van der Waals surface area contributed by atoms with Crippen molar-refractivity contribution in [1.29, 1.82) is 0 Å². The average Bonchev–Trinajstić information content (AvgIpc) is 2.44. The summed E-state index contributed by atoms with van der Waals surface area (Å²) in [6.45, 7) is 2.14. The summed E-state index contributed by atoms with van der Waals surface area (Å²) in [6.07, 6.45) is 10.9. The smallest absolute Gasteiger partial charge is 0.287 e.